The molecule has 0 aliphatic carbocycles. The van der Waals surface area contributed by atoms with Crippen LogP contribution >= 0.6 is 0 Å². The summed E-state index contributed by atoms with van der Waals surface area (Å²) in [6.07, 6.45) is 5.46. The minimum atomic E-state index is 0.427. The van der Waals surface area contributed by atoms with Gasteiger partial charge in [-0.15, -0.1) is 0 Å². The van der Waals surface area contributed by atoms with Crippen LogP contribution in [0.2, 0.25) is 0 Å². The van der Waals surface area contributed by atoms with E-state index in [2.05, 4.69) is 35.2 Å². The first-order valence-corrected chi connectivity index (χ1v) is 7.40. The van der Waals surface area contributed by atoms with E-state index in [9.17, 15) is 0 Å². The third-order valence-electron chi connectivity index (χ3n) is 4.14. The van der Waals surface area contributed by atoms with Gasteiger partial charge < -0.3 is 10.2 Å². The van der Waals surface area contributed by atoms with Crippen LogP contribution < -0.4 is 5.32 Å². The number of nitrogens with zero attached hydrogens (tertiary/aromatic N) is 3. The van der Waals surface area contributed by atoms with E-state index < -0.39 is 0 Å². The van der Waals surface area contributed by atoms with Crippen LogP contribution in [-0.2, 0) is 0 Å². The number of likely N-dealkylation sites (N-methyl/N-ethyl adjacent to an activating group) is 1. The minimum Gasteiger partial charge on any atom is -0.319 e. The molecule has 1 aromatic heterocycles. The van der Waals surface area contributed by atoms with Gasteiger partial charge in [0.15, 0.2) is 0 Å². The first-order valence-electron chi connectivity index (χ1n) is 7.40. The number of likely N-dealkylation sites (tertiary alicyclic amines) is 1. The molecule has 1 unspecified atom stereocenters. The third-order valence-corrected chi connectivity index (χ3v) is 4.14. The summed E-state index contributed by atoms with van der Waals surface area (Å²) in [5.41, 5.74) is 1.24. The lowest BCUT2D eigenvalue weighted by Gasteiger charge is -2.28. The quantitative estimate of drug-likeness (QED) is 0.881. The first kappa shape index (κ1) is 14.4. The zero-order valence-electron chi connectivity index (χ0n) is 12.4. The molecule has 1 aliphatic heterocycles. The second-order valence-electron chi connectivity index (χ2n) is 5.58. The lowest BCUT2D eigenvalue weighted by atomic mass is 9.93. The predicted molar refractivity (Wildman–Crippen MR) is 78.5 cm³/mol. The van der Waals surface area contributed by atoms with Crippen LogP contribution in [-0.4, -0.2) is 48.6 Å². The Morgan fingerprint density at radius 1 is 1.42 bits per heavy atom. The Balaban J connectivity index is 2.10. The summed E-state index contributed by atoms with van der Waals surface area (Å²) in [7, 11) is 4.19. The maximum absolute atomic E-state index is 4.84. The Kier molecular flexibility index (Phi) is 5.28. The van der Waals surface area contributed by atoms with Gasteiger partial charge >= 0.3 is 0 Å². The predicted octanol–water partition coefficient (Wildman–Crippen LogP) is 2.00. The standard InChI is InChI=1S/C15H26N4/c1-4-12(11-16-2)15-17-8-5-14(18-15)13-6-9-19(3)10-7-13/h5,8,12-13,16H,4,6-7,9-11H2,1-3H3. The van der Waals surface area contributed by atoms with E-state index >= 15 is 0 Å². The second kappa shape index (κ2) is 6.96. The highest BCUT2D eigenvalue weighted by Crippen LogP contribution is 2.26. The van der Waals surface area contributed by atoms with Crippen molar-refractivity contribution in [3.63, 3.8) is 0 Å². The lowest BCUT2D eigenvalue weighted by molar-refractivity contribution is 0.253. The molecule has 4 nitrogen and oxygen atoms in total. The molecule has 1 N–H and O–H groups in total. The molecule has 0 spiro atoms. The van der Waals surface area contributed by atoms with Crippen LogP contribution in [0.5, 0.6) is 0 Å². The molecule has 1 aromatic rings. The second-order valence-corrected chi connectivity index (χ2v) is 5.58. The molecule has 2 rings (SSSR count). The van der Waals surface area contributed by atoms with Gasteiger partial charge in [-0.05, 0) is 52.5 Å². The molecular weight excluding hydrogens is 236 g/mol. The van der Waals surface area contributed by atoms with Crippen molar-refractivity contribution in [3.05, 3.63) is 23.8 Å². The van der Waals surface area contributed by atoms with E-state index in [1.807, 2.05) is 13.2 Å². The van der Waals surface area contributed by atoms with Gasteiger partial charge in [-0.25, -0.2) is 9.97 Å². The van der Waals surface area contributed by atoms with Gasteiger partial charge in [0.1, 0.15) is 5.82 Å². The van der Waals surface area contributed by atoms with E-state index in [1.165, 1.54) is 31.6 Å². The van der Waals surface area contributed by atoms with Crippen molar-refractivity contribution in [2.75, 3.05) is 33.7 Å². The summed E-state index contributed by atoms with van der Waals surface area (Å²) in [5, 5.41) is 3.24. The Hall–Kier alpha value is -1.00. The molecular formula is C15H26N4. The molecule has 106 valence electrons. The van der Waals surface area contributed by atoms with Crippen molar-refractivity contribution in [1.29, 1.82) is 0 Å². The summed E-state index contributed by atoms with van der Waals surface area (Å²) in [6.45, 7) is 5.51. The van der Waals surface area contributed by atoms with Gasteiger partial charge in [0, 0.05) is 30.3 Å². The summed E-state index contributed by atoms with van der Waals surface area (Å²) in [5.74, 6) is 2.05. The fraction of sp³-hybridized carbons (Fsp3) is 0.733. The summed E-state index contributed by atoms with van der Waals surface area (Å²) in [6, 6.07) is 2.10. The number of aromatic nitrogens is 2. The molecule has 2 heterocycles. The number of piperidine rings is 1. The molecule has 0 bridgehead atoms. The largest absolute Gasteiger partial charge is 0.319 e. The average molecular weight is 262 g/mol. The molecule has 0 amide bonds. The van der Waals surface area contributed by atoms with Gasteiger partial charge in [0.25, 0.3) is 0 Å². The zero-order chi connectivity index (χ0) is 13.7. The van der Waals surface area contributed by atoms with Gasteiger partial charge in [0.05, 0.1) is 0 Å². The number of hydrogen-bond donors (Lipinski definition) is 1. The fourth-order valence-electron chi connectivity index (χ4n) is 2.78. The molecule has 0 radical (unpaired) electrons. The summed E-state index contributed by atoms with van der Waals surface area (Å²) < 4.78 is 0. The van der Waals surface area contributed by atoms with Crippen molar-refractivity contribution in [3.8, 4) is 0 Å². The van der Waals surface area contributed by atoms with E-state index in [1.54, 1.807) is 0 Å². The molecule has 1 aliphatic rings. The Labute approximate surface area is 116 Å². The highest BCUT2D eigenvalue weighted by molar-refractivity contribution is 5.12. The minimum absolute atomic E-state index is 0.427. The maximum Gasteiger partial charge on any atom is 0.132 e. The lowest BCUT2D eigenvalue weighted by Crippen LogP contribution is -2.29. The van der Waals surface area contributed by atoms with Gasteiger partial charge in [-0.3, -0.25) is 0 Å². The van der Waals surface area contributed by atoms with E-state index in [-0.39, 0.29) is 0 Å². The monoisotopic (exact) mass is 262 g/mol. The molecule has 4 heteroatoms. The topological polar surface area (TPSA) is 41.1 Å². The van der Waals surface area contributed by atoms with Crippen LogP contribution in [0.25, 0.3) is 0 Å². The van der Waals surface area contributed by atoms with Gasteiger partial charge in [-0.1, -0.05) is 6.92 Å². The van der Waals surface area contributed by atoms with Crippen molar-refractivity contribution < 1.29 is 0 Å². The van der Waals surface area contributed by atoms with Gasteiger partial charge in [0.2, 0.25) is 0 Å². The highest BCUT2D eigenvalue weighted by atomic mass is 15.1. The molecule has 1 fully saturated rings. The Morgan fingerprint density at radius 3 is 2.79 bits per heavy atom. The zero-order valence-corrected chi connectivity index (χ0v) is 12.4. The Bertz CT molecular complexity index is 385. The SMILES string of the molecule is CCC(CNC)c1nccc(C2CCN(C)CC2)n1. The van der Waals surface area contributed by atoms with E-state index in [0.717, 1.165) is 18.8 Å². The van der Waals surface area contributed by atoms with E-state index in [4.69, 9.17) is 4.98 Å². The molecule has 0 aromatic carbocycles. The molecule has 0 saturated carbocycles. The van der Waals surface area contributed by atoms with Crippen LogP contribution in [0, 0.1) is 0 Å². The summed E-state index contributed by atoms with van der Waals surface area (Å²) >= 11 is 0. The smallest absolute Gasteiger partial charge is 0.132 e. The van der Waals surface area contributed by atoms with Crippen LogP contribution in [0.1, 0.15) is 49.5 Å². The van der Waals surface area contributed by atoms with Crippen molar-refractivity contribution in [2.45, 2.75) is 38.0 Å². The highest BCUT2D eigenvalue weighted by Gasteiger charge is 2.21. The van der Waals surface area contributed by atoms with Crippen LogP contribution in [0.4, 0.5) is 0 Å². The van der Waals surface area contributed by atoms with Gasteiger partial charge in [-0.2, -0.15) is 0 Å². The molecule has 1 atom stereocenters. The van der Waals surface area contributed by atoms with Crippen LogP contribution in [0.3, 0.4) is 0 Å². The number of hydrogen-bond acceptors (Lipinski definition) is 4. The number of nitrogens with one attached hydrogen (secondary N) is 1. The maximum atomic E-state index is 4.84. The van der Waals surface area contributed by atoms with E-state index in [0.29, 0.717) is 11.8 Å². The Morgan fingerprint density at radius 2 is 2.16 bits per heavy atom. The number of rotatable bonds is 5. The van der Waals surface area contributed by atoms with Crippen LogP contribution in [0.15, 0.2) is 12.3 Å². The molecule has 19 heavy (non-hydrogen) atoms. The van der Waals surface area contributed by atoms with Crippen molar-refractivity contribution >= 4 is 0 Å². The third kappa shape index (κ3) is 3.74. The van der Waals surface area contributed by atoms with Crippen molar-refractivity contribution in [1.82, 2.24) is 20.2 Å². The average Bonchev–Trinajstić information content (AvgIpc) is 2.45. The summed E-state index contributed by atoms with van der Waals surface area (Å²) in [4.78, 5) is 11.7. The fourth-order valence-corrected chi connectivity index (χ4v) is 2.78. The normalized spacial score (nSPS) is 19.5. The molecule has 1 saturated heterocycles. The van der Waals surface area contributed by atoms with Crippen molar-refractivity contribution in [2.24, 2.45) is 0 Å². The first-order chi connectivity index (χ1) is 9.24.